The molecule has 2 aromatic carbocycles. The van der Waals surface area contributed by atoms with E-state index in [0.29, 0.717) is 16.1 Å². The molecular weight excluding hydrogens is 386 g/mol. The van der Waals surface area contributed by atoms with Gasteiger partial charge in [0.25, 0.3) is 5.91 Å². The fraction of sp³-hybridized carbons (Fsp3) is 0.136. The van der Waals surface area contributed by atoms with Crippen LogP contribution in [0.15, 0.2) is 60.7 Å². The van der Waals surface area contributed by atoms with Gasteiger partial charge >= 0.3 is 0 Å². The molecule has 0 fully saturated rings. The number of amides is 3. The van der Waals surface area contributed by atoms with Crippen LogP contribution in [0.5, 0.6) is 0 Å². The average Bonchev–Trinajstić information content (AvgIpc) is 3.12. The lowest BCUT2D eigenvalue weighted by Gasteiger charge is -2.09. The third kappa shape index (κ3) is 4.70. The Bertz CT molecular complexity index is 1060. The van der Waals surface area contributed by atoms with Gasteiger partial charge < -0.3 is 16.8 Å². The van der Waals surface area contributed by atoms with E-state index in [0.717, 1.165) is 10.4 Å². The van der Waals surface area contributed by atoms with Gasteiger partial charge in [0, 0.05) is 15.7 Å². The number of carbonyl (C=O) groups excluding carboxylic acids is 3. The van der Waals surface area contributed by atoms with Crippen molar-refractivity contribution < 1.29 is 14.4 Å². The van der Waals surface area contributed by atoms with E-state index in [-0.39, 0.29) is 23.8 Å². The first kappa shape index (κ1) is 20.3. The molecule has 7 heteroatoms. The molecule has 0 spiro atoms. The van der Waals surface area contributed by atoms with Crippen LogP contribution in [-0.4, -0.2) is 17.7 Å². The Hall–Kier alpha value is -3.45. The van der Waals surface area contributed by atoms with Gasteiger partial charge in [-0.15, -0.1) is 11.3 Å². The van der Waals surface area contributed by atoms with Gasteiger partial charge in [-0.25, -0.2) is 0 Å². The maximum absolute atomic E-state index is 12.6. The highest BCUT2D eigenvalue weighted by molar-refractivity contribution is 7.12. The molecule has 1 heterocycles. The molecule has 3 aromatic rings. The Morgan fingerprint density at radius 1 is 0.931 bits per heavy atom. The van der Waals surface area contributed by atoms with E-state index in [2.05, 4.69) is 5.32 Å². The molecule has 0 aliphatic carbocycles. The van der Waals surface area contributed by atoms with Crippen LogP contribution in [0.3, 0.4) is 0 Å². The normalized spacial score (nSPS) is 11.6. The van der Waals surface area contributed by atoms with Crippen molar-refractivity contribution in [3.8, 4) is 0 Å². The molecule has 6 nitrogen and oxygen atoms in total. The molecule has 29 heavy (non-hydrogen) atoms. The van der Waals surface area contributed by atoms with Crippen LogP contribution >= 0.6 is 11.3 Å². The number of nitrogens with one attached hydrogen (secondary N) is 1. The summed E-state index contributed by atoms with van der Waals surface area (Å²) in [6.45, 7) is 2.04. The van der Waals surface area contributed by atoms with Gasteiger partial charge in [0.15, 0.2) is 0 Å². The Labute approximate surface area is 172 Å². The van der Waals surface area contributed by atoms with E-state index in [1.807, 2.05) is 37.3 Å². The first-order chi connectivity index (χ1) is 13.9. The fourth-order valence-corrected chi connectivity index (χ4v) is 4.30. The molecule has 0 radical (unpaired) electrons. The number of anilines is 1. The Balaban J connectivity index is 1.83. The predicted molar refractivity (Wildman–Crippen MR) is 114 cm³/mol. The summed E-state index contributed by atoms with van der Waals surface area (Å²) < 4.78 is 0. The lowest BCUT2D eigenvalue weighted by Crippen LogP contribution is -2.20. The van der Waals surface area contributed by atoms with Gasteiger partial charge in [-0.3, -0.25) is 14.4 Å². The van der Waals surface area contributed by atoms with Crippen molar-refractivity contribution in [1.82, 2.24) is 0 Å². The van der Waals surface area contributed by atoms with Crippen molar-refractivity contribution in [3.05, 3.63) is 87.1 Å². The summed E-state index contributed by atoms with van der Waals surface area (Å²) in [5, 5.41) is 2.69. The smallest absolute Gasteiger partial charge is 0.250 e. The maximum Gasteiger partial charge on any atom is 0.250 e. The molecule has 1 aromatic heterocycles. The Morgan fingerprint density at radius 3 is 2.21 bits per heavy atom. The number of para-hydroxylation sites is 1. The number of hydrogen-bond acceptors (Lipinski definition) is 4. The van der Waals surface area contributed by atoms with Gasteiger partial charge in [0.2, 0.25) is 11.8 Å². The van der Waals surface area contributed by atoms with Crippen LogP contribution < -0.4 is 16.8 Å². The number of benzene rings is 2. The topological polar surface area (TPSA) is 115 Å². The standard InChI is InChI=1S/C22H21N3O3S/c1-13(14-7-3-2-4-8-14)18-11-16(22(24)28)19(29-18)12-20(26)25-17-10-6-5-9-15(17)21(23)27/h2-11,13H,12H2,1H3,(H2,23,27)(H2,24,28)(H,25,26). The Kier molecular flexibility index (Phi) is 6.09. The molecule has 5 N–H and O–H groups in total. The SMILES string of the molecule is CC(c1ccccc1)c1cc(C(N)=O)c(CC(=O)Nc2ccccc2C(N)=O)s1. The van der Waals surface area contributed by atoms with Crippen LogP contribution in [0, 0.1) is 0 Å². The van der Waals surface area contributed by atoms with E-state index in [1.165, 1.54) is 17.4 Å². The van der Waals surface area contributed by atoms with Crippen LogP contribution in [0.4, 0.5) is 5.69 Å². The number of carbonyl (C=O) groups is 3. The second kappa shape index (κ2) is 8.70. The third-order valence-corrected chi connectivity index (χ3v) is 5.93. The van der Waals surface area contributed by atoms with Gasteiger partial charge in [0.05, 0.1) is 23.2 Å². The molecule has 148 valence electrons. The van der Waals surface area contributed by atoms with Gasteiger partial charge in [-0.05, 0) is 23.8 Å². The van der Waals surface area contributed by atoms with Crippen LogP contribution in [0.25, 0.3) is 0 Å². The summed E-state index contributed by atoms with van der Waals surface area (Å²) in [5.74, 6) is -1.50. The fourth-order valence-electron chi connectivity index (χ4n) is 3.06. The molecular formula is C22H21N3O3S. The lowest BCUT2D eigenvalue weighted by atomic mass is 9.99. The summed E-state index contributed by atoms with van der Waals surface area (Å²) in [7, 11) is 0. The highest BCUT2D eigenvalue weighted by Crippen LogP contribution is 2.33. The summed E-state index contributed by atoms with van der Waals surface area (Å²) in [5.41, 5.74) is 12.9. The number of hydrogen-bond donors (Lipinski definition) is 3. The zero-order valence-electron chi connectivity index (χ0n) is 15.8. The zero-order chi connectivity index (χ0) is 21.0. The van der Waals surface area contributed by atoms with Gasteiger partial charge in [-0.1, -0.05) is 49.4 Å². The highest BCUT2D eigenvalue weighted by Gasteiger charge is 2.20. The van der Waals surface area contributed by atoms with Crippen LogP contribution in [0.2, 0.25) is 0 Å². The first-order valence-corrected chi connectivity index (χ1v) is 9.84. The molecule has 0 saturated carbocycles. The number of nitrogens with two attached hydrogens (primary N) is 2. The van der Waals surface area contributed by atoms with E-state index in [9.17, 15) is 14.4 Å². The van der Waals surface area contributed by atoms with Crippen molar-refractivity contribution in [2.45, 2.75) is 19.3 Å². The number of rotatable bonds is 7. The molecule has 0 bridgehead atoms. The predicted octanol–water partition coefficient (Wildman–Crippen LogP) is 3.28. The molecule has 3 amide bonds. The zero-order valence-corrected chi connectivity index (χ0v) is 16.7. The van der Waals surface area contributed by atoms with Crippen LogP contribution in [0.1, 0.15) is 48.9 Å². The van der Waals surface area contributed by atoms with E-state index >= 15 is 0 Å². The summed E-state index contributed by atoms with van der Waals surface area (Å²) in [6.07, 6.45) is -0.0302. The second-order valence-electron chi connectivity index (χ2n) is 6.62. The van der Waals surface area contributed by atoms with Crippen molar-refractivity contribution in [1.29, 1.82) is 0 Å². The van der Waals surface area contributed by atoms with Gasteiger partial charge in [-0.2, -0.15) is 0 Å². The van der Waals surface area contributed by atoms with E-state index < -0.39 is 11.8 Å². The second-order valence-corrected chi connectivity index (χ2v) is 7.79. The molecule has 1 atom stereocenters. The van der Waals surface area contributed by atoms with Crippen LogP contribution in [-0.2, 0) is 11.2 Å². The van der Waals surface area contributed by atoms with Crippen molar-refractivity contribution in [2.75, 3.05) is 5.32 Å². The summed E-state index contributed by atoms with van der Waals surface area (Å²) in [4.78, 5) is 37.6. The largest absolute Gasteiger partial charge is 0.366 e. The highest BCUT2D eigenvalue weighted by atomic mass is 32.1. The third-order valence-electron chi connectivity index (χ3n) is 4.61. The monoisotopic (exact) mass is 407 g/mol. The molecule has 0 aliphatic rings. The minimum Gasteiger partial charge on any atom is -0.366 e. The maximum atomic E-state index is 12.6. The van der Waals surface area contributed by atoms with Crippen molar-refractivity contribution >= 4 is 34.7 Å². The van der Waals surface area contributed by atoms with E-state index in [1.54, 1.807) is 24.3 Å². The number of thiophene rings is 1. The molecule has 3 rings (SSSR count). The van der Waals surface area contributed by atoms with E-state index in [4.69, 9.17) is 11.5 Å². The minimum absolute atomic E-state index is 0.0302. The van der Waals surface area contributed by atoms with Crippen molar-refractivity contribution in [3.63, 3.8) is 0 Å². The lowest BCUT2D eigenvalue weighted by molar-refractivity contribution is -0.115. The molecule has 1 unspecified atom stereocenters. The minimum atomic E-state index is -0.631. The molecule has 0 saturated heterocycles. The van der Waals surface area contributed by atoms with Crippen molar-refractivity contribution in [2.24, 2.45) is 11.5 Å². The quantitative estimate of drug-likeness (QED) is 0.558. The molecule has 0 aliphatic heterocycles. The Morgan fingerprint density at radius 2 is 1.55 bits per heavy atom. The number of primary amides is 2. The summed E-state index contributed by atoms with van der Waals surface area (Å²) >= 11 is 1.39. The average molecular weight is 407 g/mol. The first-order valence-electron chi connectivity index (χ1n) is 9.03. The van der Waals surface area contributed by atoms with Gasteiger partial charge in [0.1, 0.15) is 0 Å². The summed E-state index contributed by atoms with van der Waals surface area (Å²) in [6, 6.07) is 18.1.